The summed E-state index contributed by atoms with van der Waals surface area (Å²) in [4.78, 5) is 184. The molecule has 2 aromatic carbocycles. The summed E-state index contributed by atoms with van der Waals surface area (Å²) in [5, 5.41) is 50.8. The molecule has 126 heavy (non-hydrogen) atoms. The van der Waals surface area contributed by atoms with Crippen LogP contribution in [0, 0.1) is 23.2 Å². The number of unbranched alkanes of at least 4 members (excludes halogenated alkanes) is 14. The molecule has 9 N–H and O–H groups in total. The molecule has 0 spiro atoms. The van der Waals surface area contributed by atoms with Gasteiger partial charge in [-0.1, -0.05) is 97.8 Å². The van der Waals surface area contributed by atoms with Gasteiger partial charge in [0.15, 0.2) is 5.78 Å². The second-order valence-electron chi connectivity index (χ2n) is 32.3. The van der Waals surface area contributed by atoms with Crippen LogP contribution < -0.4 is 36.1 Å². The Bertz CT molecular complexity index is 3460. The van der Waals surface area contributed by atoms with Gasteiger partial charge in [0.25, 0.3) is 0 Å². The summed E-state index contributed by atoms with van der Waals surface area (Å²) >= 11 is 0. The Kier molecular flexibility index (Phi) is 65.4. The van der Waals surface area contributed by atoms with E-state index in [1.54, 1.807) is 24.3 Å². The average molecular weight is 1790 g/mol. The zero-order chi connectivity index (χ0) is 92.6. The van der Waals surface area contributed by atoms with Crippen LogP contribution in [0.5, 0.6) is 11.5 Å². The van der Waals surface area contributed by atoms with Gasteiger partial charge in [-0.15, -0.1) is 0 Å². The van der Waals surface area contributed by atoms with E-state index in [-0.39, 0.29) is 258 Å². The molecule has 0 aliphatic heterocycles. The van der Waals surface area contributed by atoms with Crippen molar-refractivity contribution in [3.05, 3.63) is 59.7 Å². The molecule has 0 aliphatic carbocycles. The van der Waals surface area contributed by atoms with E-state index in [0.717, 1.165) is 77.0 Å². The molecule has 34 nitrogen and oxygen atoms in total. The van der Waals surface area contributed by atoms with Gasteiger partial charge >= 0.3 is 23.9 Å². The zero-order valence-electron chi connectivity index (χ0n) is 75.0. The van der Waals surface area contributed by atoms with Gasteiger partial charge in [0, 0.05) is 114 Å². The van der Waals surface area contributed by atoms with Crippen molar-refractivity contribution in [2.24, 2.45) is 23.2 Å². The Morgan fingerprint density at radius 2 is 0.706 bits per heavy atom. The maximum atomic E-state index is 13.7. The highest BCUT2D eigenvalue weighted by atomic mass is 16.5. The maximum Gasteiger partial charge on any atom is 0.335 e. The van der Waals surface area contributed by atoms with E-state index in [1.807, 2.05) is 20.8 Å². The van der Waals surface area contributed by atoms with E-state index in [9.17, 15) is 82.1 Å². The molecule has 0 bridgehead atoms. The quantitative estimate of drug-likeness (QED) is 0.0278. The minimum Gasteiger partial charge on any atom is -0.494 e. The van der Waals surface area contributed by atoms with E-state index in [4.69, 9.17) is 57.6 Å². The number of ketones is 6. The number of rotatable bonds is 86. The molecule has 0 heterocycles. The number of Topliss-reactive ketones (excluding diaryl/α,β-unsaturated/α-hetero) is 6. The number of carbonyl (C=O) groups is 15. The maximum absolute atomic E-state index is 13.7. The summed E-state index contributed by atoms with van der Waals surface area (Å²) in [6.45, 7) is 10.7. The second kappa shape index (κ2) is 72.9. The second-order valence-corrected chi connectivity index (χ2v) is 32.3. The largest absolute Gasteiger partial charge is 0.494 e. The van der Waals surface area contributed by atoms with Crippen LogP contribution in [-0.4, -0.2) is 260 Å². The predicted molar refractivity (Wildman–Crippen MR) is 466 cm³/mol. The monoisotopic (exact) mass is 1780 g/mol. The number of nitrogens with one attached hydrogen (secondary N) is 5. The predicted octanol–water partition coefficient (Wildman–Crippen LogP) is 10.4. The van der Waals surface area contributed by atoms with Crippen LogP contribution in [0.1, 0.15) is 267 Å². The van der Waals surface area contributed by atoms with Gasteiger partial charge in [-0.05, 0) is 139 Å². The van der Waals surface area contributed by atoms with E-state index in [0.29, 0.717) is 121 Å². The van der Waals surface area contributed by atoms with E-state index in [1.165, 1.54) is 31.2 Å². The van der Waals surface area contributed by atoms with Crippen molar-refractivity contribution in [3.8, 4) is 11.5 Å². The van der Waals surface area contributed by atoms with Crippen molar-refractivity contribution >= 4 is 88.1 Å². The molecule has 2 aromatic rings. The summed E-state index contributed by atoms with van der Waals surface area (Å²) in [6, 6.07) is 11.4. The fraction of sp³-hybridized carbons (Fsp3) is 0.707. The summed E-state index contributed by atoms with van der Waals surface area (Å²) in [7, 11) is 0. The highest BCUT2D eigenvalue weighted by molar-refractivity contribution is 5.91. The van der Waals surface area contributed by atoms with E-state index in [2.05, 4.69) is 26.6 Å². The fourth-order valence-electron chi connectivity index (χ4n) is 12.9. The van der Waals surface area contributed by atoms with Gasteiger partial charge < -0.3 is 94.4 Å². The Morgan fingerprint density at radius 1 is 0.310 bits per heavy atom. The molecule has 0 saturated carbocycles. The Hall–Kier alpha value is -9.03. The molecule has 712 valence electrons. The molecule has 0 aliphatic rings. The lowest BCUT2D eigenvalue weighted by atomic mass is 9.80. The fourth-order valence-corrected chi connectivity index (χ4v) is 12.9. The van der Waals surface area contributed by atoms with Gasteiger partial charge in [-0.25, -0.2) is 14.4 Å². The van der Waals surface area contributed by atoms with E-state index < -0.39 is 47.2 Å². The van der Waals surface area contributed by atoms with Crippen molar-refractivity contribution in [1.82, 2.24) is 26.6 Å². The number of ether oxygens (including phenoxy) is 10. The van der Waals surface area contributed by atoms with Gasteiger partial charge in [0.2, 0.25) is 29.5 Å². The first-order valence-electron chi connectivity index (χ1n) is 45.0. The van der Waals surface area contributed by atoms with Crippen LogP contribution in [-0.2, 0) is 100 Å². The minimum absolute atomic E-state index is 0.00457. The topological polar surface area (TPSA) is 489 Å². The molecule has 0 unspecified atom stereocenters. The smallest absolute Gasteiger partial charge is 0.335 e. The van der Waals surface area contributed by atoms with Gasteiger partial charge in [0.1, 0.15) is 72.9 Å². The van der Waals surface area contributed by atoms with Crippen molar-refractivity contribution in [2.45, 2.75) is 252 Å². The highest BCUT2D eigenvalue weighted by Gasteiger charge is 2.30. The number of aliphatic carboxylic acids is 2. The van der Waals surface area contributed by atoms with Crippen LogP contribution in [0.15, 0.2) is 48.5 Å². The molecule has 5 amide bonds. The first-order valence-corrected chi connectivity index (χ1v) is 45.0. The van der Waals surface area contributed by atoms with Crippen LogP contribution in [0.3, 0.4) is 0 Å². The number of benzene rings is 2. The highest BCUT2D eigenvalue weighted by Crippen LogP contribution is 2.27. The minimum atomic E-state index is -1.20. The molecule has 0 radical (unpaired) electrons. The third-order valence-electron chi connectivity index (χ3n) is 20.5. The number of hydrogen-bond donors (Lipinski definition) is 9. The molecular weight excluding hydrogens is 1640 g/mol. The standard InChI is InChI=1S/C92H145N5O29/c1-69(98)70(25-17-19-45-93-86(107)67-124-62-58-120-54-48-96-87(108)68-123-61-55-117-49-23-28-75(99)37-42-80(91(115)116)97-84(105)30-16-12-8-6-10-14-22-52-126-79-40-33-72(34-41-79)89(111)112)35-43-81(102)73(64-82(103)92(2,3)4)26-18-20-46-94-85(106)66-122-60-56-118-50-24-29-77(101)65-121-59-57-119-53-47-95-83(104)44-36-74(90(113)114)63-76(100)27-15-11-7-5-9-13-21-51-125-78-38-31-71(32-39-78)88(109)110/h31-34,38-41,70,73-74,80H,5-30,35-37,42-68H2,1-4H3,(H,93,107)(H,94,106)(H,95,104)(H,96,108)(H,97,105)(H,109,110)(H,111,112)(H,113,114)(H,115,116)/t70-,73-,74-,80+/m1/s1. The van der Waals surface area contributed by atoms with Crippen molar-refractivity contribution in [2.75, 3.05) is 145 Å². The number of carbonyl (C=O) groups excluding carboxylic acids is 11. The lowest BCUT2D eigenvalue weighted by Crippen LogP contribution is -2.41. The molecule has 4 atom stereocenters. The van der Waals surface area contributed by atoms with Crippen LogP contribution in [0.25, 0.3) is 0 Å². The molecule has 34 heteroatoms. The Labute approximate surface area is 742 Å². The van der Waals surface area contributed by atoms with Gasteiger partial charge in [-0.2, -0.15) is 0 Å². The summed E-state index contributed by atoms with van der Waals surface area (Å²) in [5.41, 5.74) is -0.239. The molecule has 2 rings (SSSR count). The SMILES string of the molecule is CC(=O)[C@H](CCCCNC(=O)COCCOCCNC(=O)COCCOCCCC(=O)CC[C@H](NC(=O)CCCCCCCCCOc1ccc(C(=O)O)cc1)C(=O)O)CCC(=O)[C@H](CCCCNC(=O)COCCOCCCC(=O)COCCOCCNC(=O)CC[C@H](CC(=O)CCCCCCCCCOc1ccc(C(=O)O)cc1)C(=O)O)CC(=O)C(C)(C)C. The third kappa shape index (κ3) is 63.0. The molecule has 0 saturated heterocycles. The summed E-state index contributed by atoms with van der Waals surface area (Å²) in [5.74, 6) is -7.16. The van der Waals surface area contributed by atoms with Crippen LogP contribution >= 0.6 is 0 Å². The lowest BCUT2D eigenvalue weighted by molar-refractivity contribution is -0.144. The Balaban J connectivity index is 1.42. The van der Waals surface area contributed by atoms with Crippen molar-refractivity contribution in [1.29, 1.82) is 0 Å². The third-order valence-corrected chi connectivity index (χ3v) is 20.5. The summed E-state index contributed by atoms with van der Waals surface area (Å²) in [6.07, 6.45) is 18.1. The first-order chi connectivity index (χ1) is 60.5. The molecule has 0 fully saturated rings. The van der Waals surface area contributed by atoms with Gasteiger partial charge in [0.05, 0.1) is 96.3 Å². The number of amides is 5. The number of aromatic carboxylic acids is 2. The Morgan fingerprint density at radius 3 is 1.16 bits per heavy atom. The molecule has 0 aromatic heterocycles. The van der Waals surface area contributed by atoms with Crippen molar-refractivity contribution in [3.63, 3.8) is 0 Å². The number of carboxylic acid groups (broad SMARTS) is 4. The van der Waals surface area contributed by atoms with Gasteiger partial charge in [-0.3, -0.25) is 57.5 Å². The number of hydrogen-bond acceptors (Lipinski definition) is 25. The lowest BCUT2D eigenvalue weighted by Gasteiger charge is -2.22. The normalized spacial score (nSPS) is 12.3. The first kappa shape index (κ1) is 113. The zero-order valence-corrected chi connectivity index (χ0v) is 75.0. The van der Waals surface area contributed by atoms with Crippen molar-refractivity contribution < 1.29 is 140 Å². The summed E-state index contributed by atoms with van der Waals surface area (Å²) < 4.78 is 54.9. The molecular formula is C92H145N5O29. The average Bonchev–Trinajstić information content (AvgIpc) is 0.880. The van der Waals surface area contributed by atoms with Crippen LogP contribution in [0.4, 0.5) is 0 Å². The van der Waals surface area contributed by atoms with Crippen LogP contribution in [0.2, 0.25) is 0 Å². The number of carboxylic acids is 4. The van der Waals surface area contributed by atoms with E-state index >= 15 is 0 Å².